The first-order valence-electron chi connectivity index (χ1n) is 9.59. The molecular formula is C22H25FN4O3. The van der Waals surface area contributed by atoms with Crippen LogP contribution in [-0.4, -0.2) is 49.2 Å². The molecule has 30 heavy (non-hydrogen) atoms. The van der Waals surface area contributed by atoms with Crippen molar-refractivity contribution < 1.29 is 18.7 Å². The molecule has 2 aromatic carbocycles. The molecule has 0 radical (unpaired) electrons. The lowest BCUT2D eigenvalue weighted by Crippen LogP contribution is -2.23. The van der Waals surface area contributed by atoms with Gasteiger partial charge in [-0.25, -0.2) is 4.39 Å². The fourth-order valence-corrected chi connectivity index (χ4v) is 2.96. The van der Waals surface area contributed by atoms with Crippen LogP contribution in [0.25, 0.3) is 11.3 Å². The Labute approximate surface area is 174 Å². The van der Waals surface area contributed by atoms with E-state index < -0.39 is 6.67 Å². The van der Waals surface area contributed by atoms with Gasteiger partial charge in [0, 0.05) is 43.1 Å². The number of aromatic nitrogens is 2. The van der Waals surface area contributed by atoms with Crippen LogP contribution in [0.3, 0.4) is 0 Å². The number of benzene rings is 2. The summed E-state index contributed by atoms with van der Waals surface area (Å²) < 4.78 is 25.0. The third kappa shape index (κ3) is 5.36. The Hall–Kier alpha value is -3.39. The lowest BCUT2D eigenvalue weighted by Gasteiger charge is -2.14. The summed E-state index contributed by atoms with van der Waals surface area (Å²) in [4.78, 5) is 12.6. The zero-order valence-electron chi connectivity index (χ0n) is 17.0. The summed E-state index contributed by atoms with van der Waals surface area (Å²) in [6, 6.07) is 14.3. The first-order valence-corrected chi connectivity index (χ1v) is 9.59. The minimum atomic E-state index is -0.415. The third-order valence-corrected chi connectivity index (χ3v) is 4.47. The molecule has 0 fully saturated rings. The smallest absolute Gasteiger partial charge is 0.255 e. The maximum atomic E-state index is 12.6. The van der Waals surface area contributed by atoms with Crippen molar-refractivity contribution >= 4 is 11.6 Å². The van der Waals surface area contributed by atoms with E-state index in [9.17, 15) is 9.18 Å². The first-order chi connectivity index (χ1) is 14.6. The number of hydrogen-bond acceptors (Lipinski definition) is 5. The van der Waals surface area contributed by atoms with E-state index in [-0.39, 0.29) is 5.91 Å². The van der Waals surface area contributed by atoms with Crippen molar-refractivity contribution in [3.63, 3.8) is 0 Å². The van der Waals surface area contributed by atoms with Crippen LogP contribution in [0.1, 0.15) is 10.4 Å². The number of carbonyl (C=O) groups is 1. The van der Waals surface area contributed by atoms with Gasteiger partial charge in [-0.15, -0.1) is 0 Å². The van der Waals surface area contributed by atoms with Crippen molar-refractivity contribution in [1.29, 1.82) is 0 Å². The van der Waals surface area contributed by atoms with E-state index in [1.165, 1.54) is 0 Å². The molecule has 0 bridgehead atoms. The molecule has 2 N–H and O–H groups in total. The van der Waals surface area contributed by atoms with Crippen molar-refractivity contribution in [3.8, 4) is 22.8 Å². The highest BCUT2D eigenvalue weighted by Gasteiger charge is 2.13. The van der Waals surface area contributed by atoms with Gasteiger partial charge in [0.05, 0.1) is 12.8 Å². The highest BCUT2D eigenvalue weighted by Crippen LogP contribution is 2.32. The Morgan fingerprint density at radius 1 is 1.17 bits per heavy atom. The molecule has 0 aliphatic carbocycles. The Bertz CT molecular complexity index is 990. The summed E-state index contributed by atoms with van der Waals surface area (Å²) >= 11 is 0. The molecule has 1 amide bonds. The van der Waals surface area contributed by atoms with E-state index in [1.54, 1.807) is 54.4 Å². The SMILES string of the molecule is COc1cccc(C(=O)Nc2ccc(OCCNCCF)c(-c3ccnn3C)c2)c1. The van der Waals surface area contributed by atoms with Crippen LogP contribution in [-0.2, 0) is 7.05 Å². The molecule has 0 saturated heterocycles. The van der Waals surface area contributed by atoms with Crippen LogP contribution in [0.15, 0.2) is 54.7 Å². The van der Waals surface area contributed by atoms with Crippen LogP contribution in [0.4, 0.5) is 10.1 Å². The van der Waals surface area contributed by atoms with Crippen molar-refractivity contribution in [3.05, 3.63) is 60.3 Å². The fraction of sp³-hybridized carbons (Fsp3) is 0.273. The monoisotopic (exact) mass is 412 g/mol. The normalized spacial score (nSPS) is 10.6. The molecule has 0 aliphatic heterocycles. The number of rotatable bonds is 10. The molecule has 1 aromatic heterocycles. The molecule has 0 unspecified atom stereocenters. The third-order valence-electron chi connectivity index (χ3n) is 4.47. The maximum absolute atomic E-state index is 12.6. The standard InChI is InChI=1S/C22H25FN4O3/c1-27-20(8-10-25-27)19-15-17(6-7-21(19)30-13-12-24-11-9-23)26-22(28)16-4-3-5-18(14-16)29-2/h3-8,10,14-15,24H,9,11-13H2,1-2H3,(H,26,28). The number of anilines is 1. The van der Waals surface area contributed by atoms with Gasteiger partial charge in [-0.1, -0.05) is 6.07 Å². The summed E-state index contributed by atoms with van der Waals surface area (Å²) in [7, 11) is 3.40. The van der Waals surface area contributed by atoms with Crippen LogP contribution < -0.4 is 20.1 Å². The molecule has 3 aromatic rings. The average Bonchev–Trinajstić information content (AvgIpc) is 3.20. The van der Waals surface area contributed by atoms with E-state index in [2.05, 4.69) is 15.7 Å². The Balaban J connectivity index is 1.80. The first kappa shape index (κ1) is 21.3. The van der Waals surface area contributed by atoms with Crippen LogP contribution in [0, 0.1) is 0 Å². The molecule has 0 saturated carbocycles. The molecule has 0 atom stereocenters. The van der Waals surface area contributed by atoms with Crippen LogP contribution in [0.2, 0.25) is 0 Å². The van der Waals surface area contributed by atoms with E-state index in [0.717, 1.165) is 11.3 Å². The summed E-state index contributed by atoms with van der Waals surface area (Å²) in [5, 5.41) is 10.1. The number of nitrogens with one attached hydrogen (secondary N) is 2. The van der Waals surface area contributed by atoms with Gasteiger partial charge in [-0.2, -0.15) is 5.10 Å². The zero-order valence-corrected chi connectivity index (χ0v) is 17.0. The van der Waals surface area contributed by atoms with Gasteiger partial charge < -0.3 is 20.1 Å². The summed E-state index contributed by atoms with van der Waals surface area (Å²) in [6.45, 7) is 0.804. The highest BCUT2D eigenvalue weighted by molar-refractivity contribution is 6.04. The summed E-state index contributed by atoms with van der Waals surface area (Å²) in [5.41, 5.74) is 2.76. The minimum absolute atomic E-state index is 0.242. The highest BCUT2D eigenvalue weighted by atomic mass is 19.1. The molecule has 0 spiro atoms. The van der Waals surface area contributed by atoms with Gasteiger partial charge in [0.25, 0.3) is 5.91 Å². The van der Waals surface area contributed by atoms with Gasteiger partial charge in [0.1, 0.15) is 24.8 Å². The average molecular weight is 412 g/mol. The van der Waals surface area contributed by atoms with Gasteiger partial charge in [-0.3, -0.25) is 9.48 Å². The zero-order chi connectivity index (χ0) is 21.3. The lowest BCUT2D eigenvalue weighted by molar-refractivity contribution is 0.102. The largest absolute Gasteiger partial charge is 0.497 e. The van der Waals surface area contributed by atoms with Crippen molar-refractivity contribution in [2.45, 2.75) is 0 Å². The van der Waals surface area contributed by atoms with E-state index in [1.807, 2.05) is 19.2 Å². The predicted octanol–water partition coefficient (Wildman–Crippen LogP) is 3.29. The molecule has 158 valence electrons. The topological polar surface area (TPSA) is 77.4 Å². The van der Waals surface area contributed by atoms with Crippen molar-refractivity contribution in [2.24, 2.45) is 7.05 Å². The van der Waals surface area contributed by atoms with Gasteiger partial charge in [0.2, 0.25) is 0 Å². The number of halogens is 1. The van der Waals surface area contributed by atoms with Crippen LogP contribution in [0.5, 0.6) is 11.5 Å². The number of nitrogens with zero attached hydrogens (tertiary/aromatic N) is 2. The second-order valence-electron chi connectivity index (χ2n) is 6.52. The van der Waals surface area contributed by atoms with E-state index in [0.29, 0.717) is 42.4 Å². The quantitative estimate of drug-likeness (QED) is 0.500. The number of methoxy groups -OCH3 is 1. The van der Waals surface area contributed by atoms with Crippen molar-refractivity contribution in [1.82, 2.24) is 15.1 Å². The minimum Gasteiger partial charge on any atom is -0.497 e. The fourth-order valence-electron chi connectivity index (χ4n) is 2.96. The van der Waals surface area contributed by atoms with Crippen LogP contribution >= 0.6 is 0 Å². The van der Waals surface area contributed by atoms with Gasteiger partial charge in [0.15, 0.2) is 0 Å². The Morgan fingerprint density at radius 2 is 2.03 bits per heavy atom. The summed E-state index contributed by atoms with van der Waals surface area (Å²) in [6.07, 6.45) is 1.70. The Morgan fingerprint density at radius 3 is 2.77 bits per heavy atom. The number of amides is 1. The number of alkyl halides is 1. The lowest BCUT2D eigenvalue weighted by atomic mass is 10.1. The second kappa shape index (κ2) is 10.4. The second-order valence-corrected chi connectivity index (χ2v) is 6.52. The van der Waals surface area contributed by atoms with E-state index >= 15 is 0 Å². The Kier molecular flexibility index (Phi) is 7.40. The molecule has 7 nitrogen and oxygen atoms in total. The molecule has 0 aliphatic rings. The van der Waals surface area contributed by atoms with E-state index in [4.69, 9.17) is 9.47 Å². The molecular weight excluding hydrogens is 387 g/mol. The van der Waals surface area contributed by atoms with Gasteiger partial charge >= 0.3 is 0 Å². The molecule has 3 rings (SSSR count). The number of ether oxygens (including phenoxy) is 2. The molecule has 8 heteroatoms. The number of hydrogen-bond donors (Lipinski definition) is 2. The summed E-state index contributed by atoms with van der Waals surface area (Å²) in [5.74, 6) is 1.03. The predicted molar refractivity (Wildman–Crippen MR) is 114 cm³/mol. The van der Waals surface area contributed by atoms with Crippen molar-refractivity contribution in [2.75, 3.05) is 38.8 Å². The number of aryl methyl sites for hydroxylation is 1. The van der Waals surface area contributed by atoms with Gasteiger partial charge in [-0.05, 0) is 42.5 Å². The number of carbonyl (C=O) groups excluding carboxylic acids is 1. The molecule has 1 heterocycles. The maximum Gasteiger partial charge on any atom is 0.255 e.